The Balaban J connectivity index is 1.55. The Morgan fingerprint density at radius 2 is 1.61 bits per heavy atom. The highest BCUT2D eigenvalue weighted by atomic mass is 16.4. The lowest BCUT2D eigenvalue weighted by Crippen LogP contribution is -2.48. The van der Waals surface area contributed by atoms with Crippen LogP contribution in [0.5, 0.6) is 0 Å². The molecule has 2 aliphatic rings. The first kappa shape index (κ1) is 23.0. The number of aromatic carboxylic acids is 1. The number of carboxylic acids is 1. The number of hydrogen-bond acceptors (Lipinski definition) is 4. The number of hydrogen-bond donors (Lipinski definition) is 3. The Bertz CT molecular complexity index is 984. The first-order valence-electron chi connectivity index (χ1n) is 11.7. The van der Waals surface area contributed by atoms with E-state index in [0.29, 0.717) is 24.7 Å². The van der Waals surface area contributed by atoms with Crippen molar-refractivity contribution in [1.82, 2.24) is 4.90 Å². The second-order valence-electron chi connectivity index (χ2n) is 9.11. The minimum atomic E-state index is -1.02. The van der Waals surface area contributed by atoms with Crippen LogP contribution in [0.25, 0.3) is 0 Å². The summed E-state index contributed by atoms with van der Waals surface area (Å²) >= 11 is 0. The number of rotatable bonds is 6. The molecule has 0 unspecified atom stereocenters. The molecular weight excluding hydrogens is 418 g/mol. The van der Waals surface area contributed by atoms with Gasteiger partial charge in [0.05, 0.1) is 5.56 Å². The Kier molecular flexibility index (Phi) is 7.08. The van der Waals surface area contributed by atoms with Crippen molar-refractivity contribution >= 4 is 23.5 Å². The third-order valence-electron chi connectivity index (χ3n) is 7.11. The van der Waals surface area contributed by atoms with E-state index in [1.165, 1.54) is 12.1 Å². The van der Waals surface area contributed by atoms with E-state index in [2.05, 4.69) is 5.32 Å². The molecule has 7 heteroatoms. The number of nitrogens with two attached hydrogens (primary N) is 1. The molecular formula is C26H31N3O4. The molecule has 2 fully saturated rings. The lowest BCUT2D eigenvalue weighted by Gasteiger charge is -2.33. The Morgan fingerprint density at radius 1 is 0.939 bits per heavy atom. The van der Waals surface area contributed by atoms with E-state index >= 15 is 0 Å². The van der Waals surface area contributed by atoms with Gasteiger partial charge in [0.1, 0.15) is 6.04 Å². The number of nitrogens with zero attached hydrogens (tertiary/aromatic N) is 1. The summed E-state index contributed by atoms with van der Waals surface area (Å²) in [6, 6.07) is 15.3. The van der Waals surface area contributed by atoms with E-state index in [1.807, 2.05) is 30.3 Å². The summed E-state index contributed by atoms with van der Waals surface area (Å²) < 4.78 is 0. The summed E-state index contributed by atoms with van der Waals surface area (Å²) in [6.07, 6.45) is 4.27. The highest BCUT2D eigenvalue weighted by Crippen LogP contribution is 2.37. The van der Waals surface area contributed by atoms with Gasteiger partial charge in [-0.1, -0.05) is 30.3 Å². The van der Waals surface area contributed by atoms with Crippen molar-refractivity contribution in [2.45, 2.75) is 44.1 Å². The van der Waals surface area contributed by atoms with Crippen molar-refractivity contribution in [2.75, 3.05) is 18.4 Å². The van der Waals surface area contributed by atoms with Crippen LogP contribution in [0.4, 0.5) is 5.69 Å². The number of nitrogens with one attached hydrogen (secondary N) is 1. The highest BCUT2D eigenvalue weighted by Gasteiger charge is 2.44. The molecule has 1 saturated carbocycles. The van der Waals surface area contributed by atoms with E-state index in [4.69, 9.17) is 10.8 Å². The molecule has 2 atom stereocenters. The summed E-state index contributed by atoms with van der Waals surface area (Å²) in [5.41, 5.74) is 7.52. The molecule has 0 radical (unpaired) electrons. The summed E-state index contributed by atoms with van der Waals surface area (Å²) in [7, 11) is 0. The van der Waals surface area contributed by atoms with Crippen molar-refractivity contribution < 1.29 is 19.5 Å². The molecule has 1 heterocycles. The molecule has 1 saturated heterocycles. The molecule has 4 rings (SSSR count). The molecule has 2 aromatic carbocycles. The van der Waals surface area contributed by atoms with Gasteiger partial charge in [-0.05, 0) is 74.4 Å². The molecule has 1 aliphatic carbocycles. The maximum atomic E-state index is 13.5. The van der Waals surface area contributed by atoms with Crippen molar-refractivity contribution in [3.63, 3.8) is 0 Å². The number of amides is 2. The minimum absolute atomic E-state index is 0.0604. The second kappa shape index (κ2) is 10.2. The zero-order valence-electron chi connectivity index (χ0n) is 18.7. The quantitative estimate of drug-likeness (QED) is 0.625. The Labute approximate surface area is 194 Å². The van der Waals surface area contributed by atoms with Gasteiger partial charge in [-0.2, -0.15) is 0 Å². The average molecular weight is 450 g/mol. The van der Waals surface area contributed by atoms with Crippen LogP contribution in [0.2, 0.25) is 0 Å². The second-order valence-corrected chi connectivity index (χ2v) is 9.11. The maximum Gasteiger partial charge on any atom is 0.335 e. The molecule has 2 amide bonds. The fourth-order valence-corrected chi connectivity index (χ4v) is 5.21. The molecule has 0 aromatic heterocycles. The van der Waals surface area contributed by atoms with Gasteiger partial charge in [-0.25, -0.2) is 4.79 Å². The van der Waals surface area contributed by atoms with E-state index in [9.17, 15) is 14.4 Å². The van der Waals surface area contributed by atoms with Crippen LogP contribution in [0.3, 0.4) is 0 Å². The van der Waals surface area contributed by atoms with E-state index in [1.54, 1.807) is 17.0 Å². The van der Waals surface area contributed by atoms with Gasteiger partial charge in [0, 0.05) is 24.1 Å². The molecule has 174 valence electrons. The third-order valence-corrected chi connectivity index (χ3v) is 7.11. The fraction of sp³-hybridized carbons (Fsp3) is 0.423. The Morgan fingerprint density at radius 3 is 2.21 bits per heavy atom. The van der Waals surface area contributed by atoms with Crippen molar-refractivity contribution in [3.8, 4) is 0 Å². The van der Waals surface area contributed by atoms with Crippen LogP contribution < -0.4 is 11.1 Å². The van der Waals surface area contributed by atoms with E-state index in [0.717, 1.165) is 37.7 Å². The minimum Gasteiger partial charge on any atom is -0.478 e. The smallest absolute Gasteiger partial charge is 0.335 e. The van der Waals surface area contributed by atoms with Gasteiger partial charge in [-0.15, -0.1) is 0 Å². The van der Waals surface area contributed by atoms with Crippen LogP contribution in [0.15, 0.2) is 54.6 Å². The maximum absolute atomic E-state index is 13.5. The van der Waals surface area contributed by atoms with Gasteiger partial charge in [-0.3, -0.25) is 9.59 Å². The lowest BCUT2D eigenvalue weighted by molar-refractivity contribution is -0.141. The largest absolute Gasteiger partial charge is 0.478 e. The van der Waals surface area contributed by atoms with Crippen molar-refractivity contribution in [3.05, 3.63) is 65.7 Å². The predicted molar refractivity (Wildman–Crippen MR) is 126 cm³/mol. The first-order valence-corrected chi connectivity index (χ1v) is 11.7. The molecule has 7 nitrogen and oxygen atoms in total. The lowest BCUT2D eigenvalue weighted by atomic mass is 9.81. The van der Waals surface area contributed by atoms with Gasteiger partial charge in [0.15, 0.2) is 0 Å². The third kappa shape index (κ3) is 5.09. The molecule has 33 heavy (non-hydrogen) atoms. The zero-order chi connectivity index (χ0) is 23.4. The zero-order valence-corrected chi connectivity index (χ0v) is 18.7. The SMILES string of the molecule is NC[C@H]1CC[C@H](C(=O)N2CC[C@@H](c3ccccc3)[C@@H]2C(=O)Nc2ccc(C(=O)O)cc2)CC1. The monoisotopic (exact) mass is 449 g/mol. The molecule has 2 aromatic rings. The predicted octanol–water partition coefficient (Wildman–Crippen LogP) is 3.47. The number of anilines is 1. The van der Waals surface area contributed by atoms with E-state index in [-0.39, 0.29) is 29.2 Å². The van der Waals surface area contributed by atoms with Crippen LogP contribution in [0.1, 0.15) is 53.9 Å². The van der Waals surface area contributed by atoms with Crippen LogP contribution in [-0.4, -0.2) is 46.9 Å². The van der Waals surface area contributed by atoms with Crippen LogP contribution in [0, 0.1) is 11.8 Å². The highest BCUT2D eigenvalue weighted by molar-refractivity contribution is 5.99. The summed E-state index contributed by atoms with van der Waals surface area (Å²) in [4.78, 5) is 39.9. The number of carbonyl (C=O) groups is 3. The summed E-state index contributed by atoms with van der Waals surface area (Å²) in [5.74, 6) is -0.869. The van der Waals surface area contributed by atoms with Crippen LogP contribution in [-0.2, 0) is 9.59 Å². The summed E-state index contributed by atoms with van der Waals surface area (Å²) in [5, 5.41) is 12.0. The number of carboxylic acid groups (broad SMARTS) is 1. The van der Waals surface area contributed by atoms with Crippen LogP contribution >= 0.6 is 0 Å². The summed E-state index contributed by atoms with van der Waals surface area (Å²) in [6.45, 7) is 1.21. The molecule has 1 aliphatic heterocycles. The number of likely N-dealkylation sites (tertiary alicyclic amines) is 1. The van der Waals surface area contributed by atoms with Crippen molar-refractivity contribution in [2.24, 2.45) is 17.6 Å². The first-order chi connectivity index (χ1) is 16.0. The van der Waals surface area contributed by atoms with Gasteiger partial charge in [0.2, 0.25) is 11.8 Å². The van der Waals surface area contributed by atoms with Gasteiger partial charge >= 0.3 is 5.97 Å². The van der Waals surface area contributed by atoms with E-state index < -0.39 is 12.0 Å². The number of benzene rings is 2. The topological polar surface area (TPSA) is 113 Å². The molecule has 0 spiro atoms. The number of carbonyl (C=O) groups excluding carboxylic acids is 2. The van der Waals surface area contributed by atoms with Gasteiger partial charge < -0.3 is 21.1 Å². The average Bonchev–Trinajstić information content (AvgIpc) is 3.30. The van der Waals surface area contributed by atoms with Gasteiger partial charge in [0.25, 0.3) is 0 Å². The molecule has 4 N–H and O–H groups in total. The van der Waals surface area contributed by atoms with Crippen molar-refractivity contribution in [1.29, 1.82) is 0 Å². The molecule has 0 bridgehead atoms. The normalized spacial score (nSPS) is 24.9. The standard InChI is InChI=1S/C26H31N3O4/c27-16-17-6-8-19(9-7-17)25(31)29-15-14-22(18-4-2-1-3-5-18)23(29)24(30)28-21-12-10-20(11-13-21)26(32)33/h1-5,10-13,17,19,22-23H,6-9,14-16,27H2,(H,28,30)(H,32,33)/t17-,19-,22-,23+/m0/s1. The fourth-order valence-electron chi connectivity index (χ4n) is 5.21. The Hall–Kier alpha value is -3.19.